The third kappa shape index (κ3) is 3.70. The van der Waals surface area contributed by atoms with E-state index in [-0.39, 0.29) is 11.6 Å². The van der Waals surface area contributed by atoms with Gasteiger partial charge in [-0.1, -0.05) is 6.42 Å². The first-order valence-corrected chi connectivity index (χ1v) is 5.77. The summed E-state index contributed by atoms with van der Waals surface area (Å²) in [5.74, 6) is 0. The van der Waals surface area contributed by atoms with Crippen LogP contribution in [0.25, 0.3) is 0 Å². The van der Waals surface area contributed by atoms with Gasteiger partial charge in [0.05, 0.1) is 0 Å². The van der Waals surface area contributed by atoms with Gasteiger partial charge in [0.15, 0.2) is 0 Å². The molecule has 1 saturated heterocycles. The molecule has 4 nitrogen and oxygen atoms in total. The molecule has 1 fully saturated rings. The molecule has 1 aliphatic heterocycles. The van der Waals surface area contributed by atoms with Crippen molar-refractivity contribution in [1.82, 2.24) is 15.5 Å². The van der Waals surface area contributed by atoms with Crippen LogP contribution in [0.2, 0.25) is 0 Å². The fraction of sp³-hybridized carbons (Fsp3) is 0.909. The summed E-state index contributed by atoms with van der Waals surface area (Å²) in [6.07, 6.45) is 3.91. The van der Waals surface area contributed by atoms with Gasteiger partial charge in [0.25, 0.3) is 0 Å². The van der Waals surface area contributed by atoms with E-state index in [1.807, 2.05) is 0 Å². The molecule has 0 saturated carbocycles. The van der Waals surface area contributed by atoms with Crippen LogP contribution in [0.5, 0.6) is 0 Å². The van der Waals surface area contributed by atoms with Gasteiger partial charge in [-0.2, -0.15) is 0 Å². The second kappa shape index (κ2) is 5.35. The minimum Gasteiger partial charge on any atom is -0.341 e. The lowest BCUT2D eigenvalue weighted by Crippen LogP contribution is -2.54. The molecule has 0 radical (unpaired) electrons. The zero-order valence-corrected chi connectivity index (χ0v) is 10.1. The molecular weight excluding hydrogens is 190 g/mol. The van der Waals surface area contributed by atoms with E-state index in [0.717, 1.165) is 13.1 Å². The number of likely N-dealkylation sites (tertiary alicyclic amines) is 1. The molecule has 0 aromatic carbocycles. The largest absolute Gasteiger partial charge is 0.341 e. The van der Waals surface area contributed by atoms with E-state index in [1.165, 1.54) is 19.3 Å². The van der Waals surface area contributed by atoms with Crippen LogP contribution < -0.4 is 10.6 Å². The van der Waals surface area contributed by atoms with E-state index in [1.54, 1.807) is 7.05 Å². The van der Waals surface area contributed by atoms with Gasteiger partial charge in [0.1, 0.15) is 0 Å². The van der Waals surface area contributed by atoms with E-state index < -0.39 is 0 Å². The van der Waals surface area contributed by atoms with Crippen molar-refractivity contribution in [3.05, 3.63) is 0 Å². The van der Waals surface area contributed by atoms with Crippen LogP contribution in [0, 0.1) is 0 Å². The summed E-state index contributed by atoms with van der Waals surface area (Å²) >= 11 is 0. The maximum absolute atomic E-state index is 11.1. The van der Waals surface area contributed by atoms with E-state index in [0.29, 0.717) is 6.54 Å². The Morgan fingerprint density at radius 2 is 1.87 bits per heavy atom. The number of carbonyl (C=O) groups is 1. The average Bonchev–Trinajstić information content (AvgIpc) is 2.27. The minimum atomic E-state index is -0.0971. The molecule has 0 aromatic rings. The third-order valence-corrected chi connectivity index (χ3v) is 3.12. The standard InChI is InChI=1S/C11H23N3O/c1-11(2,9-13-10(15)12-3)14-7-5-4-6-8-14/h4-9H2,1-3H3,(H2,12,13,15). The zero-order valence-electron chi connectivity index (χ0n) is 10.1. The van der Waals surface area contributed by atoms with Gasteiger partial charge in [-0.05, 0) is 39.8 Å². The van der Waals surface area contributed by atoms with Crippen LogP contribution >= 0.6 is 0 Å². The molecule has 4 heteroatoms. The summed E-state index contributed by atoms with van der Waals surface area (Å²) in [5, 5.41) is 5.45. The summed E-state index contributed by atoms with van der Waals surface area (Å²) in [6.45, 7) is 7.39. The number of carbonyl (C=O) groups excluding carboxylic acids is 1. The quantitative estimate of drug-likeness (QED) is 0.739. The van der Waals surface area contributed by atoms with Crippen molar-refractivity contribution in [1.29, 1.82) is 0 Å². The lowest BCUT2D eigenvalue weighted by atomic mass is 9.98. The zero-order chi connectivity index (χ0) is 11.3. The van der Waals surface area contributed by atoms with E-state index >= 15 is 0 Å². The normalized spacial score (nSPS) is 18.6. The molecule has 0 aromatic heterocycles. The van der Waals surface area contributed by atoms with E-state index in [9.17, 15) is 4.79 Å². The molecule has 0 bridgehead atoms. The van der Waals surface area contributed by atoms with Crippen LogP contribution in [-0.4, -0.2) is 43.2 Å². The third-order valence-electron chi connectivity index (χ3n) is 3.12. The van der Waals surface area contributed by atoms with Gasteiger partial charge in [-0.15, -0.1) is 0 Å². The summed E-state index contributed by atoms with van der Waals surface area (Å²) in [6, 6.07) is -0.0971. The van der Waals surface area contributed by atoms with Crippen LogP contribution in [0.1, 0.15) is 33.1 Å². The first-order chi connectivity index (χ1) is 7.06. The molecule has 2 N–H and O–H groups in total. The van der Waals surface area contributed by atoms with Gasteiger partial charge in [-0.25, -0.2) is 4.79 Å². The number of amides is 2. The fourth-order valence-corrected chi connectivity index (χ4v) is 2.00. The van der Waals surface area contributed by atoms with Crippen LogP contribution in [0.3, 0.4) is 0 Å². The molecule has 0 aliphatic carbocycles. The number of nitrogens with zero attached hydrogens (tertiary/aromatic N) is 1. The van der Waals surface area contributed by atoms with E-state index in [2.05, 4.69) is 29.4 Å². The molecule has 15 heavy (non-hydrogen) atoms. The van der Waals surface area contributed by atoms with Crippen LogP contribution in [0.15, 0.2) is 0 Å². The lowest BCUT2D eigenvalue weighted by Gasteiger charge is -2.41. The maximum Gasteiger partial charge on any atom is 0.314 e. The van der Waals surface area contributed by atoms with Gasteiger partial charge in [0.2, 0.25) is 0 Å². The smallest absolute Gasteiger partial charge is 0.314 e. The number of rotatable bonds is 3. The first kappa shape index (κ1) is 12.3. The van der Waals surface area contributed by atoms with Crippen molar-refractivity contribution < 1.29 is 4.79 Å². The summed E-state index contributed by atoms with van der Waals surface area (Å²) in [5.41, 5.74) is 0.0624. The highest BCUT2D eigenvalue weighted by Crippen LogP contribution is 2.19. The Morgan fingerprint density at radius 3 is 2.40 bits per heavy atom. The lowest BCUT2D eigenvalue weighted by molar-refractivity contribution is 0.0961. The Hall–Kier alpha value is -0.770. The SMILES string of the molecule is CNC(=O)NCC(C)(C)N1CCCCC1. The van der Waals surface area contributed by atoms with Crippen molar-refractivity contribution >= 4 is 6.03 Å². The van der Waals surface area contributed by atoms with Gasteiger partial charge in [0, 0.05) is 19.1 Å². The number of urea groups is 1. The first-order valence-electron chi connectivity index (χ1n) is 5.77. The molecule has 88 valence electrons. The average molecular weight is 213 g/mol. The molecule has 0 unspecified atom stereocenters. The van der Waals surface area contributed by atoms with Gasteiger partial charge >= 0.3 is 6.03 Å². The Kier molecular flexibility index (Phi) is 4.39. The molecule has 2 amide bonds. The molecule has 1 heterocycles. The highest BCUT2D eigenvalue weighted by atomic mass is 16.2. The van der Waals surface area contributed by atoms with Crippen molar-refractivity contribution in [2.24, 2.45) is 0 Å². The molecule has 1 rings (SSSR count). The molecule has 1 aliphatic rings. The maximum atomic E-state index is 11.1. The number of piperidine rings is 1. The van der Waals surface area contributed by atoms with Gasteiger partial charge in [-0.3, -0.25) is 4.90 Å². The van der Waals surface area contributed by atoms with Crippen LogP contribution in [-0.2, 0) is 0 Å². The Labute approximate surface area is 92.4 Å². The summed E-state index contributed by atoms with van der Waals surface area (Å²) < 4.78 is 0. The summed E-state index contributed by atoms with van der Waals surface area (Å²) in [7, 11) is 1.64. The molecular formula is C11H23N3O. The second-order valence-corrected chi connectivity index (χ2v) is 4.79. The highest BCUT2D eigenvalue weighted by molar-refractivity contribution is 5.73. The monoisotopic (exact) mass is 213 g/mol. The summed E-state index contributed by atoms with van der Waals surface area (Å²) in [4.78, 5) is 13.6. The fourth-order valence-electron chi connectivity index (χ4n) is 2.00. The molecule has 0 spiro atoms. The second-order valence-electron chi connectivity index (χ2n) is 4.79. The van der Waals surface area contributed by atoms with Crippen molar-refractivity contribution in [3.8, 4) is 0 Å². The molecule has 0 atom stereocenters. The highest BCUT2D eigenvalue weighted by Gasteiger charge is 2.27. The number of hydrogen-bond acceptors (Lipinski definition) is 2. The predicted molar refractivity (Wildman–Crippen MR) is 62.0 cm³/mol. The Bertz CT molecular complexity index is 210. The van der Waals surface area contributed by atoms with E-state index in [4.69, 9.17) is 0 Å². The van der Waals surface area contributed by atoms with Crippen molar-refractivity contribution in [2.45, 2.75) is 38.6 Å². The van der Waals surface area contributed by atoms with Crippen molar-refractivity contribution in [3.63, 3.8) is 0 Å². The predicted octanol–water partition coefficient (Wildman–Crippen LogP) is 1.18. The Morgan fingerprint density at radius 1 is 1.27 bits per heavy atom. The number of hydrogen-bond donors (Lipinski definition) is 2. The topological polar surface area (TPSA) is 44.4 Å². The van der Waals surface area contributed by atoms with Gasteiger partial charge < -0.3 is 10.6 Å². The number of nitrogens with one attached hydrogen (secondary N) is 2. The Balaban J connectivity index is 2.38. The van der Waals surface area contributed by atoms with Crippen LogP contribution in [0.4, 0.5) is 4.79 Å². The van der Waals surface area contributed by atoms with Crippen molar-refractivity contribution in [2.75, 3.05) is 26.7 Å². The minimum absolute atomic E-state index is 0.0624.